The number of benzene rings is 2. The fraction of sp³-hybridized carbons (Fsp3) is 0.100. The number of aromatic nitrogens is 5. The number of fused-ring (bicyclic) bond motifs is 5. The van der Waals surface area contributed by atoms with Crippen molar-refractivity contribution in [2.24, 2.45) is 0 Å². The molecule has 8 nitrogen and oxygen atoms in total. The number of nitrogens with zero attached hydrogens (tertiary/aromatic N) is 5. The van der Waals surface area contributed by atoms with E-state index < -0.39 is 9.84 Å². The zero-order valence-corrected chi connectivity index (χ0v) is 16.4. The van der Waals surface area contributed by atoms with Gasteiger partial charge in [0.15, 0.2) is 5.65 Å². The van der Waals surface area contributed by atoms with Crippen LogP contribution in [0.15, 0.2) is 64.7 Å². The van der Waals surface area contributed by atoms with Crippen molar-refractivity contribution in [3.8, 4) is 5.69 Å². The molecule has 3 aromatic heterocycles. The normalized spacial score (nSPS) is 12.2. The summed E-state index contributed by atoms with van der Waals surface area (Å²) in [5.41, 5.74) is 2.93. The summed E-state index contributed by atoms with van der Waals surface area (Å²) in [6.07, 6.45) is 2.30. The van der Waals surface area contributed by atoms with E-state index in [9.17, 15) is 13.2 Å². The number of sulfone groups is 1. The smallest absolute Gasteiger partial charge is 0.268 e. The van der Waals surface area contributed by atoms with Crippen molar-refractivity contribution >= 4 is 37.7 Å². The first kappa shape index (κ1) is 17.5. The molecule has 2 aromatic carbocycles. The Kier molecular flexibility index (Phi) is 3.59. The maximum atomic E-state index is 13.3. The number of imidazole rings is 1. The van der Waals surface area contributed by atoms with Gasteiger partial charge in [-0.25, -0.2) is 23.0 Å². The van der Waals surface area contributed by atoms with Crippen LogP contribution in [0.25, 0.3) is 33.5 Å². The van der Waals surface area contributed by atoms with Crippen molar-refractivity contribution in [3.05, 3.63) is 70.6 Å². The molecule has 3 heterocycles. The van der Waals surface area contributed by atoms with Gasteiger partial charge in [0, 0.05) is 12.5 Å². The highest BCUT2D eigenvalue weighted by Gasteiger charge is 2.20. The molecule has 0 aliphatic rings. The monoisotopic (exact) mass is 405 g/mol. The van der Waals surface area contributed by atoms with E-state index in [4.69, 9.17) is 0 Å². The molecule has 0 saturated carbocycles. The average molecular weight is 405 g/mol. The first-order valence-corrected chi connectivity index (χ1v) is 10.7. The minimum atomic E-state index is -3.64. The Balaban J connectivity index is 2.05. The van der Waals surface area contributed by atoms with E-state index >= 15 is 0 Å². The minimum Gasteiger partial charge on any atom is -0.268 e. The van der Waals surface area contributed by atoms with E-state index in [2.05, 4.69) is 15.0 Å². The lowest BCUT2D eigenvalue weighted by molar-refractivity contribution is 0.593. The third-order valence-corrected chi connectivity index (χ3v) is 5.62. The van der Waals surface area contributed by atoms with Crippen LogP contribution in [0.3, 0.4) is 0 Å². The molecule has 0 saturated heterocycles. The Bertz CT molecular complexity index is 1600. The molecule has 0 bridgehead atoms. The van der Waals surface area contributed by atoms with Crippen molar-refractivity contribution in [1.82, 2.24) is 23.9 Å². The first-order chi connectivity index (χ1) is 13.8. The van der Waals surface area contributed by atoms with Crippen LogP contribution >= 0.6 is 0 Å². The summed E-state index contributed by atoms with van der Waals surface area (Å²) in [6, 6.07) is 14.9. The van der Waals surface area contributed by atoms with Gasteiger partial charge in [0.25, 0.3) is 5.56 Å². The van der Waals surface area contributed by atoms with Crippen molar-refractivity contribution < 1.29 is 8.42 Å². The lowest BCUT2D eigenvalue weighted by Crippen LogP contribution is -2.23. The molecule has 5 rings (SSSR count). The molecule has 0 amide bonds. The van der Waals surface area contributed by atoms with Gasteiger partial charge in [-0.15, -0.1) is 0 Å². The van der Waals surface area contributed by atoms with Crippen LogP contribution < -0.4 is 5.56 Å². The number of para-hydroxylation sites is 2. The Morgan fingerprint density at radius 2 is 1.69 bits per heavy atom. The zero-order chi connectivity index (χ0) is 20.3. The minimum absolute atomic E-state index is 0.202. The lowest BCUT2D eigenvalue weighted by atomic mass is 10.2. The molecule has 9 heteroatoms. The lowest BCUT2D eigenvalue weighted by Gasteiger charge is -2.11. The number of hydrogen-bond acceptors (Lipinski definition) is 6. The molecular formula is C20H15N5O3S. The predicted octanol–water partition coefficient (Wildman–Crippen LogP) is 2.29. The summed E-state index contributed by atoms with van der Waals surface area (Å²) in [6.45, 7) is 1.97. The molecule has 144 valence electrons. The van der Waals surface area contributed by atoms with E-state index in [-0.39, 0.29) is 21.7 Å². The van der Waals surface area contributed by atoms with Crippen molar-refractivity contribution in [2.75, 3.05) is 6.26 Å². The molecule has 29 heavy (non-hydrogen) atoms. The van der Waals surface area contributed by atoms with Gasteiger partial charge in [-0.3, -0.25) is 9.20 Å². The van der Waals surface area contributed by atoms with Gasteiger partial charge in [-0.2, -0.15) is 4.98 Å². The summed E-state index contributed by atoms with van der Waals surface area (Å²) in [7, 11) is -3.64. The second-order valence-corrected chi connectivity index (χ2v) is 8.78. The van der Waals surface area contributed by atoms with Crippen molar-refractivity contribution in [1.29, 1.82) is 0 Å². The molecule has 0 fully saturated rings. The highest BCUT2D eigenvalue weighted by molar-refractivity contribution is 7.90. The van der Waals surface area contributed by atoms with Gasteiger partial charge in [-0.1, -0.05) is 29.8 Å². The van der Waals surface area contributed by atoms with Crippen LogP contribution in [0.4, 0.5) is 0 Å². The summed E-state index contributed by atoms with van der Waals surface area (Å²) >= 11 is 0. The zero-order valence-electron chi connectivity index (χ0n) is 15.6. The Hall–Kier alpha value is -3.59. The van der Waals surface area contributed by atoms with Crippen molar-refractivity contribution in [2.45, 2.75) is 12.1 Å². The Morgan fingerprint density at radius 3 is 2.41 bits per heavy atom. The van der Waals surface area contributed by atoms with Gasteiger partial charge >= 0.3 is 0 Å². The fourth-order valence-electron chi connectivity index (χ4n) is 3.37. The molecule has 0 N–H and O–H groups in total. The van der Waals surface area contributed by atoms with Gasteiger partial charge < -0.3 is 0 Å². The largest absolute Gasteiger partial charge is 0.270 e. The predicted molar refractivity (Wildman–Crippen MR) is 109 cm³/mol. The Morgan fingerprint density at radius 1 is 0.966 bits per heavy atom. The topological polar surface area (TPSA) is 99.2 Å². The van der Waals surface area contributed by atoms with E-state index in [1.54, 1.807) is 4.40 Å². The first-order valence-electron chi connectivity index (χ1n) is 8.81. The second-order valence-electron chi connectivity index (χ2n) is 6.87. The van der Waals surface area contributed by atoms with Crippen molar-refractivity contribution in [3.63, 3.8) is 0 Å². The molecule has 0 atom stereocenters. The van der Waals surface area contributed by atoms with E-state index in [0.29, 0.717) is 22.5 Å². The van der Waals surface area contributed by atoms with E-state index in [1.807, 2.05) is 55.5 Å². The number of hydrogen-bond donors (Lipinski definition) is 0. The third kappa shape index (κ3) is 2.62. The van der Waals surface area contributed by atoms with Crippen LogP contribution in [-0.2, 0) is 9.84 Å². The maximum absolute atomic E-state index is 13.3. The maximum Gasteiger partial charge on any atom is 0.270 e. The molecule has 0 spiro atoms. The van der Waals surface area contributed by atoms with E-state index in [0.717, 1.165) is 11.8 Å². The van der Waals surface area contributed by atoms with Gasteiger partial charge in [0.2, 0.25) is 20.8 Å². The number of aryl methyl sites for hydroxylation is 1. The fourth-order valence-corrected chi connectivity index (χ4v) is 3.86. The number of rotatable bonds is 2. The molecular weight excluding hydrogens is 390 g/mol. The van der Waals surface area contributed by atoms with Gasteiger partial charge in [-0.05, 0) is 31.2 Å². The second kappa shape index (κ2) is 5.95. The Labute approximate surface area is 165 Å². The summed E-state index contributed by atoms with van der Waals surface area (Å²) < 4.78 is 27.2. The summed E-state index contributed by atoms with van der Waals surface area (Å²) in [5, 5.41) is -0.134. The highest BCUT2D eigenvalue weighted by atomic mass is 32.2. The summed E-state index contributed by atoms with van der Waals surface area (Å²) in [5.74, 6) is 0.353. The molecule has 0 radical (unpaired) electrons. The third-order valence-electron chi connectivity index (χ3n) is 4.76. The van der Waals surface area contributed by atoms with Crippen LogP contribution in [0.2, 0.25) is 0 Å². The average Bonchev–Trinajstić information content (AvgIpc) is 3.07. The van der Waals surface area contributed by atoms with E-state index in [1.165, 1.54) is 10.8 Å². The molecule has 5 aromatic rings. The SMILES string of the molecule is Cc1ccc(-n2c(=O)c3cnc(S(C)(=O)=O)nc3n3c4ccccc4nc23)cc1. The van der Waals surface area contributed by atoms with Gasteiger partial charge in [0.1, 0.15) is 5.39 Å². The standard InChI is InChI=1S/C20H15N5O3S/c1-12-7-9-13(10-8-12)24-18(26)14-11-21-19(29(2,27)28)23-17(14)25-16-6-4-3-5-15(16)22-20(24)25/h3-11H,1-2H3. The van der Waals surface area contributed by atoms with Crippen LogP contribution in [0, 0.1) is 6.92 Å². The highest BCUT2D eigenvalue weighted by Crippen LogP contribution is 2.22. The summed E-state index contributed by atoms with van der Waals surface area (Å²) in [4.78, 5) is 26.1. The molecule has 0 unspecified atom stereocenters. The van der Waals surface area contributed by atoms with Crippen LogP contribution in [0.1, 0.15) is 5.56 Å². The quantitative estimate of drug-likeness (QED) is 0.418. The van der Waals surface area contributed by atoms with Crippen LogP contribution in [-0.4, -0.2) is 38.6 Å². The molecule has 0 aliphatic heterocycles. The van der Waals surface area contributed by atoms with Crippen LogP contribution in [0.5, 0.6) is 0 Å². The molecule has 0 aliphatic carbocycles. The van der Waals surface area contributed by atoms with Gasteiger partial charge in [0.05, 0.1) is 16.7 Å².